The third-order valence-corrected chi connectivity index (χ3v) is 3.23. The lowest BCUT2D eigenvalue weighted by Gasteiger charge is -2.31. The van der Waals surface area contributed by atoms with Gasteiger partial charge in [0.1, 0.15) is 5.82 Å². The molecule has 0 aromatic heterocycles. The quantitative estimate of drug-likeness (QED) is 0.846. The van der Waals surface area contributed by atoms with E-state index in [2.05, 4.69) is 5.32 Å². The number of rotatable bonds is 3. The van der Waals surface area contributed by atoms with Crippen LogP contribution in [0, 0.1) is 11.7 Å². The SMILES string of the molecule is CN[C@@H]1CCOC[C@H]1Cc1cccc(F)c1. The Kier molecular flexibility index (Phi) is 3.91. The molecule has 88 valence electrons. The molecular weight excluding hydrogens is 205 g/mol. The summed E-state index contributed by atoms with van der Waals surface area (Å²) in [6, 6.07) is 7.32. The summed E-state index contributed by atoms with van der Waals surface area (Å²) >= 11 is 0. The van der Waals surface area contributed by atoms with Crippen molar-refractivity contribution in [3.63, 3.8) is 0 Å². The van der Waals surface area contributed by atoms with E-state index in [0.717, 1.165) is 31.6 Å². The first kappa shape index (κ1) is 11.6. The van der Waals surface area contributed by atoms with Crippen LogP contribution in [0.1, 0.15) is 12.0 Å². The van der Waals surface area contributed by atoms with Gasteiger partial charge in [0.15, 0.2) is 0 Å². The molecule has 1 aliphatic heterocycles. The van der Waals surface area contributed by atoms with Gasteiger partial charge in [-0.2, -0.15) is 0 Å². The minimum atomic E-state index is -0.157. The van der Waals surface area contributed by atoms with E-state index in [1.54, 1.807) is 12.1 Å². The molecule has 2 atom stereocenters. The first-order chi connectivity index (χ1) is 7.79. The minimum Gasteiger partial charge on any atom is -0.381 e. The van der Waals surface area contributed by atoms with Gasteiger partial charge in [0, 0.05) is 18.6 Å². The molecule has 0 spiro atoms. The normalized spacial score (nSPS) is 25.6. The Hall–Kier alpha value is -0.930. The number of ether oxygens (including phenoxy) is 1. The van der Waals surface area contributed by atoms with Crippen molar-refractivity contribution < 1.29 is 9.13 Å². The lowest BCUT2D eigenvalue weighted by Crippen LogP contribution is -2.41. The number of halogens is 1. The predicted molar refractivity (Wildman–Crippen MR) is 61.9 cm³/mol. The van der Waals surface area contributed by atoms with Gasteiger partial charge in [-0.15, -0.1) is 0 Å². The lowest BCUT2D eigenvalue weighted by molar-refractivity contribution is 0.0342. The molecule has 1 N–H and O–H groups in total. The lowest BCUT2D eigenvalue weighted by atomic mass is 9.89. The Bertz CT molecular complexity index is 342. The summed E-state index contributed by atoms with van der Waals surface area (Å²) in [6.07, 6.45) is 1.92. The molecule has 0 radical (unpaired) electrons. The fourth-order valence-electron chi connectivity index (χ4n) is 2.34. The maximum Gasteiger partial charge on any atom is 0.123 e. The molecule has 1 aromatic rings. The van der Waals surface area contributed by atoms with E-state index >= 15 is 0 Å². The molecule has 0 saturated carbocycles. The molecule has 3 heteroatoms. The van der Waals surface area contributed by atoms with E-state index in [-0.39, 0.29) is 5.82 Å². The van der Waals surface area contributed by atoms with Crippen LogP contribution < -0.4 is 5.32 Å². The van der Waals surface area contributed by atoms with Crippen molar-refractivity contribution in [2.75, 3.05) is 20.3 Å². The highest BCUT2D eigenvalue weighted by molar-refractivity contribution is 5.17. The molecule has 0 unspecified atom stereocenters. The van der Waals surface area contributed by atoms with Crippen LogP contribution in [0.2, 0.25) is 0 Å². The van der Waals surface area contributed by atoms with Crippen LogP contribution >= 0.6 is 0 Å². The maximum absolute atomic E-state index is 13.1. The second kappa shape index (κ2) is 5.41. The number of hydrogen-bond acceptors (Lipinski definition) is 2. The second-order valence-corrected chi connectivity index (χ2v) is 4.35. The summed E-state index contributed by atoms with van der Waals surface area (Å²) in [6.45, 7) is 1.59. The number of nitrogens with one attached hydrogen (secondary N) is 1. The smallest absolute Gasteiger partial charge is 0.123 e. The first-order valence-electron chi connectivity index (χ1n) is 5.79. The first-order valence-corrected chi connectivity index (χ1v) is 5.79. The van der Waals surface area contributed by atoms with Crippen molar-refractivity contribution in [1.29, 1.82) is 0 Å². The van der Waals surface area contributed by atoms with Crippen LogP contribution in [-0.4, -0.2) is 26.3 Å². The standard InChI is InChI=1S/C13H18FNO/c1-15-13-5-6-16-9-11(13)7-10-3-2-4-12(14)8-10/h2-4,8,11,13,15H,5-7,9H2,1H3/t11-,13-/m1/s1. The second-order valence-electron chi connectivity index (χ2n) is 4.35. The van der Waals surface area contributed by atoms with Crippen molar-refractivity contribution in [2.24, 2.45) is 5.92 Å². The van der Waals surface area contributed by atoms with Crippen molar-refractivity contribution >= 4 is 0 Å². The van der Waals surface area contributed by atoms with E-state index < -0.39 is 0 Å². The van der Waals surface area contributed by atoms with Gasteiger partial charge in [-0.25, -0.2) is 4.39 Å². The van der Waals surface area contributed by atoms with Gasteiger partial charge in [0.25, 0.3) is 0 Å². The predicted octanol–water partition coefficient (Wildman–Crippen LogP) is 1.99. The zero-order valence-corrected chi connectivity index (χ0v) is 9.58. The minimum absolute atomic E-state index is 0.157. The topological polar surface area (TPSA) is 21.3 Å². The Morgan fingerprint density at radius 2 is 2.38 bits per heavy atom. The van der Waals surface area contributed by atoms with Crippen molar-refractivity contribution in [2.45, 2.75) is 18.9 Å². The van der Waals surface area contributed by atoms with Crippen molar-refractivity contribution in [3.05, 3.63) is 35.6 Å². The van der Waals surface area contributed by atoms with E-state index in [1.165, 1.54) is 6.07 Å². The van der Waals surface area contributed by atoms with Crippen LogP contribution in [-0.2, 0) is 11.2 Å². The number of benzene rings is 1. The van der Waals surface area contributed by atoms with Crippen LogP contribution in [0.3, 0.4) is 0 Å². The van der Waals surface area contributed by atoms with E-state index in [9.17, 15) is 4.39 Å². The largest absolute Gasteiger partial charge is 0.381 e. The average molecular weight is 223 g/mol. The highest BCUT2D eigenvalue weighted by Crippen LogP contribution is 2.19. The Balaban J connectivity index is 2.02. The zero-order chi connectivity index (χ0) is 11.4. The van der Waals surface area contributed by atoms with Gasteiger partial charge in [-0.05, 0) is 37.6 Å². The summed E-state index contributed by atoms with van der Waals surface area (Å²) < 4.78 is 18.5. The molecule has 1 saturated heterocycles. The highest BCUT2D eigenvalue weighted by atomic mass is 19.1. The molecule has 0 aliphatic carbocycles. The highest BCUT2D eigenvalue weighted by Gasteiger charge is 2.24. The molecule has 1 aliphatic rings. The van der Waals surface area contributed by atoms with Gasteiger partial charge in [0.05, 0.1) is 6.61 Å². The molecule has 1 fully saturated rings. The summed E-state index contributed by atoms with van der Waals surface area (Å²) in [5.41, 5.74) is 1.05. The van der Waals surface area contributed by atoms with Crippen molar-refractivity contribution in [1.82, 2.24) is 5.32 Å². The van der Waals surface area contributed by atoms with Gasteiger partial charge >= 0.3 is 0 Å². The van der Waals surface area contributed by atoms with E-state index in [4.69, 9.17) is 4.74 Å². The maximum atomic E-state index is 13.1. The molecule has 16 heavy (non-hydrogen) atoms. The molecule has 1 heterocycles. The van der Waals surface area contributed by atoms with Crippen LogP contribution in [0.5, 0.6) is 0 Å². The van der Waals surface area contributed by atoms with Crippen LogP contribution in [0.15, 0.2) is 24.3 Å². The number of hydrogen-bond donors (Lipinski definition) is 1. The van der Waals surface area contributed by atoms with Gasteiger partial charge in [-0.1, -0.05) is 12.1 Å². The zero-order valence-electron chi connectivity index (χ0n) is 9.58. The molecular formula is C13H18FNO. The Morgan fingerprint density at radius 3 is 3.12 bits per heavy atom. The van der Waals surface area contributed by atoms with Gasteiger partial charge in [0.2, 0.25) is 0 Å². The van der Waals surface area contributed by atoms with Gasteiger partial charge < -0.3 is 10.1 Å². The third-order valence-electron chi connectivity index (χ3n) is 3.23. The molecule has 1 aromatic carbocycles. The molecule has 0 amide bonds. The summed E-state index contributed by atoms with van der Waals surface area (Å²) in [4.78, 5) is 0. The van der Waals surface area contributed by atoms with E-state index in [0.29, 0.717) is 12.0 Å². The van der Waals surface area contributed by atoms with Gasteiger partial charge in [-0.3, -0.25) is 0 Å². The Morgan fingerprint density at radius 1 is 1.50 bits per heavy atom. The summed E-state index contributed by atoms with van der Waals surface area (Å²) in [5.74, 6) is 0.288. The molecule has 2 rings (SSSR count). The fourth-order valence-corrected chi connectivity index (χ4v) is 2.34. The molecule has 0 bridgehead atoms. The van der Waals surface area contributed by atoms with Crippen molar-refractivity contribution in [3.8, 4) is 0 Å². The molecule has 2 nitrogen and oxygen atoms in total. The monoisotopic (exact) mass is 223 g/mol. The van der Waals surface area contributed by atoms with E-state index in [1.807, 2.05) is 13.1 Å². The average Bonchev–Trinajstić information content (AvgIpc) is 2.30. The summed E-state index contributed by atoms with van der Waals surface area (Å²) in [7, 11) is 1.98. The van der Waals surface area contributed by atoms with Crippen LogP contribution in [0.25, 0.3) is 0 Å². The summed E-state index contributed by atoms with van der Waals surface area (Å²) in [5, 5.41) is 3.32. The van der Waals surface area contributed by atoms with Crippen LogP contribution in [0.4, 0.5) is 4.39 Å². The third kappa shape index (κ3) is 2.80. The fraction of sp³-hybridized carbons (Fsp3) is 0.538. The Labute approximate surface area is 95.8 Å².